The van der Waals surface area contributed by atoms with Crippen LogP contribution in [0.15, 0.2) is 23.1 Å². The normalized spacial score (nSPS) is 10.9. The van der Waals surface area contributed by atoms with Crippen molar-refractivity contribution in [1.29, 1.82) is 0 Å². The molecule has 1 aromatic carbocycles. The highest BCUT2D eigenvalue weighted by atomic mass is 32.2. The van der Waals surface area contributed by atoms with Crippen molar-refractivity contribution in [2.45, 2.75) is 25.2 Å². The van der Waals surface area contributed by atoms with Gasteiger partial charge < -0.3 is 5.32 Å². The SMILES string of the molecule is CCCSc1ccc2nc(NCC)sc2c1. The Kier molecular flexibility index (Phi) is 4.07. The molecule has 86 valence electrons. The summed E-state index contributed by atoms with van der Waals surface area (Å²) < 4.78 is 1.28. The Morgan fingerprint density at radius 2 is 2.25 bits per heavy atom. The number of nitrogens with one attached hydrogen (secondary N) is 1. The predicted octanol–water partition coefficient (Wildman–Crippen LogP) is 4.23. The zero-order chi connectivity index (χ0) is 11.4. The van der Waals surface area contributed by atoms with E-state index in [4.69, 9.17) is 0 Å². The second-order valence-corrected chi connectivity index (χ2v) is 5.73. The first kappa shape index (κ1) is 11.7. The highest BCUT2D eigenvalue weighted by Crippen LogP contribution is 2.30. The fourth-order valence-corrected chi connectivity index (χ4v) is 3.29. The second-order valence-electron chi connectivity index (χ2n) is 3.53. The molecule has 0 bridgehead atoms. The molecule has 2 aromatic rings. The Balaban J connectivity index is 2.23. The number of hydrogen-bond acceptors (Lipinski definition) is 4. The van der Waals surface area contributed by atoms with Gasteiger partial charge in [0.15, 0.2) is 5.13 Å². The van der Waals surface area contributed by atoms with Crippen molar-refractivity contribution in [2.75, 3.05) is 17.6 Å². The number of thiazole rings is 1. The molecule has 0 radical (unpaired) electrons. The number of benzene rings is 1. The maximum Gasteiger partial charge on any atom is 0.183 e. The Labute approximate surface area is 104 Å². The molecule has 0 aliphatic rings. The van der Waals surface area contributed by atoms with Gasteiger partial charge in [-0.05, 0) is 37.3 Å². The number of hydrogen-bond donors (Lipinski definition) is 1. The van der Waals surface area contributed by atoms with Gasteiger partial charge >= 0.3 is 0 Å². The summed E-state index contributed by atoms with van der Waals surface area (Å²) in [7, 11) is 0. The summed E-state index contributed by atoms with van der Waals surface area (Å²) in [6, 6.07) is 6.52. The quantitative estimate of drug-likeness (QED) is 0.806. The minimum absolute atomic E-state index is 0.928. The van der Waals surface area contributed by atoms with Crippen LogP contribution in [0.5, 0.6) is 0 Å². The van der Waals surface area contributed by atoms with E-state index in [0.717, 1.165) is 17.2 Å². The van der Waals surface area contributed by atoms with Gasteiger partial charge in [-0.3, -0.25) is 0 Å². The van der Waals surface area contributed by atoms with E-state index in [-0.39, 0.29) is 0 Å². The van der Waals surface area contributed by atoms with Crippen LogP contribution in [-0.4, -0.2) is 17.3 Å². The van der Waals surface area contributed by atoms with Gasteiger partial charge in [-0.1, -0.05) is 18.3 Å². The lowest BCUT2D eigenvalue weighted by atomic mass is 10.3. The number of thioether (sulfide) groups is 1. The molecule has 0 saturated heterocycles. The van der Waals surface area contributed by atoms with E-state index >= 15 is 0 Å². The molecule has 4 heteroatoms. The molecule has 0 aliphatic carbocycles. The van der Waals surface area contributed by atoms with Gasteiger partial charge in [-0.25, -0.2) is 4.98 Å². The van der Waals surface area contributed by atoms with Gasteiger partial charge in [0.25, 0.3) is 0 Å². The van der Waals surface area contributed by atoms with E-state index in [9.17, 15) is 0 Å². The lowest BCUT2D eigenvalue weighted by Crippen LogP contribution is -1.94. The van der Waals surface area contributed by atoms with Crippen LogP contribution in [0.2, 0.25) is 0 Å². The van der Waals surface area contributed by atoms with E-state index in [1.807, 2.05) is 11.8 Å². The zero-order valence-electron chi connectivity index (χ0n) is 9.62. The summed E-state index contributed by atoms with van der Waals surface area (Å²) in [6.45, 7) is 5.23. The number of nitrogens with zero attached hydrogens (tertiary/aromatic N) is 1. The summed E-state index contributed by atoms with van der Waals surface area (Å²) in [6.07, 6.45) is 1.22. The number of rotatable bonds is 5. The largest absolute Gasteiger partial charge is 0.362 e. The van der Waals surface area contributed by atoms with E-state index < -0.39 is 0 Å². The number of anilines is 1. The predicted molar refractivity (Wildman–Crippen MR) is 74.8 cm³/mol. The summed E-state index contributed by atoms with van der Waals surface area (Å²) in [5.41, 5.74) is 1.10. The van der Waals surface area contributed by atoms with Crippen LogP contribution in [0.1, 0.15) is 20.3 Å². The Morgan fingerprint density at radius 3 is 3.00 bits per heavy atom. The molecule has 0 amide bonds. The van der Waals surface area contributed by atoms with E-state index in [1.165, 1.54) is 21.8 Å². The van der Waals surface area contributed by atoms with Crippen LogP contribution in [-0.2, 0) is 0 Å². The molecule has 0 atom stereocenters. The molecule has 0 fully saturated rings. The highest BCUT2D eigenvalue weighted by molar-refractivity contribution is 7.99. The van der Waals surface area contributed by atoms with Gasteiger partial charge in [0.05, 0.1) is 10.2 Å². The minimum atomic E-state index is 0.928. The molecule has 2 nitrogen and oxygen atoms in total. The summed E-state index contributed by atoms with van der Waals surface area (Å²) in [4.78, 5) is 5.87. The van der Waals surface area contributed by atoms with Crippen LogP contribution >= 0.6 is 23.1 Å². The van der Waals surface area contributed by atoms with Crippen molar-refractivity contribution in [2.24, 2.45) is 0 Å². The van der Waals surface area contributed by atoms with Gasteiger partial charge in [0.1, 0.15) is 0 Å². The first-order valence-corrected chi connectivity index (χ1v) is 7.41. The van der Waals surface area contributed by atoms with Gasteiger partial charge in [0.2, 0.25) is 0 Å². The van der Waals surface area contributed by atoms with Crippen molar-refractivity contribution >= 4 is 38.4 Å². The van der Waals surface area contributed by atoms with Crippen LogP contribution in [0, 0.1) is 0 Å². The highest BCUT2D eigenvalue weighted by Gasteiger charge is 2.03. The van der Waals surface area contributed by atoms with Crippen molar-refractivity contribution in [3.63, 3.8) is 0 Å². The Hall–Kier alpha value is -0.740. The standard InChI is InChI=1S/C12H16N2S2/c1-3-7-15-9-5-6-10-11(8-9)16-12(14-10)13-4-2/h5-6,8H,3-4,7H2,1-2H3,(H,13,14). The van der Waals surface area contributed by atoms with Crippen LogP contribution in [0.3, 0.4) is 0 Å². The lowest BCUT2D eigenvalue weighted by Gasteiger charge is -1.98. The lowest BCUT2D eigenvalue weighted by molar-refractivity contribution is 1.10. The molecule has 0 aliphatic heterocycles. The fourth-order valence-electron chi connectivity index (χ4n) is 1.44. The van der Waals surface area contributed by atoms with Crippen LogP contribution in [0.25, 0.3) is 10.2 Å². The zero-order valence-corrected chi connectivity index (χ0v) is 11.3. The molecular weight excluding hydrogens is 236 g/mol. The molecular formula is C12H16N2S2. The number of fused-ring (bicyclic) bond motifs is 1. The average molecular weight is 252 g/mol. The Morgan fingerprint density at radius 1 is 1.38 bits per heavy atom. The Bertz CT molecular complexity index is 465. The van der Waals surface area contributed by atoms with E-state index in [0.29, 0.717) is 0 Å². The summed E-state index contributed by atoms with van der Waals surface area (Å²) >= 11 is 3.65. The van der Waals surface area contributed by atoms with Crippen molar-refractivity contribution in [3.8, 4) is 0 Å². The van der Waals surface area contributed by atoms with E-state index in [1.54, 1.807) is 11.3 Å². The third kappa shape index (κ3) is 2.68. The number of aromatic nitrogens is 1. The molecule has 2 rings (SSSR count). The smallest absolute Gasteiger partial charge is 0.183 e. The first-order chi connectivity index (χ1) is 7.83. The maximum absolute atomic E-state index is 4.52. The van der Waals surface area contributed by atoms with Crippen molar-refractivity contribution < 1.29 is 0 Å². The molecule has 0 saturated carbocycles. The van der Waals surface area contributed by atoms with Gasteiger partial charge in [0, 0.05) is 11.4 Å². The fraction of sp³-hybridized carbons (Fsp3) is 0.417. The molecule has 1 heterocycles. The molecule has 0 unspecified atom stereocenters. The summed E-state index contributed by atoms with van der Waals surface area (Å²) in [5, 5.41) is 4.28. The average Bonchev–Trinajstić information content (AvgIpc) is 2.68. The topological polar surface area (TPSA) is 24.9 Å². The molecule has 16 heavy (non-hydrogen) atoms. The third-order valence-electron chi connectivity index (χ3n) is 2.16. The summed E-state index contributed by atoms with van der Waals surface area (Å²) in [5.74, 6) is 1.18. The molecule has 0 spiro atoms. The van der Waals surface area contributed by atoms with Gasteiger partial charge in [-0.2, -0.15) is 0 Å². The van der Waals surface area contributed by atoms with Gasteiger partial charge in [-0.15, -0.1) is 11.8 Å². The maximum atomic E-state index is 4.52. The monoisotopic (exact) mass is 252 g/mol. The van der Waals surface area contributed by atoms with Crippen molar-refractivity contribution in [1.82, 2.24) is 4.98 Å². The molecule has 1 N–H and O–H groups in total. The molecule has 1 aromatic heterocycles. The first-order valence-electron chi connectivity index (χ1n) is 5.60. The minimum Gasteiger partial charge on any atom is -0.362 e. The van der Waals surface area contributed by atoms with E-state index in [2.05, 4.69) is 42.3 Å². The second kappa shape index (κ2) is 5.55. The van der Waals surface area contributed by atoms with Crippen molar-refractivity contribution in [3.05, 3.63) is 18.2 Å². The van der Waals surface area contributed by atoms with Crippen LogP contribution in [0.4, 0.5) is 5.13 Å². The third-order valence-corrected chi connectivity index (χ3v) is 4.34. The van der Waals surface area contributed by atoms with Crippen LogP contribution < -0.4 is 5.32 Å².